The summed E-state index contributed by atoms with van der Waals surface area (Å²) >= 11 is 0. The Labute approximate surface area is 140 Å². The van der Waals surface area contributed by atoms with Crippen molar-refractivity contribution < 1.29 is 9.53 Å². The molecule has 3 aromatic rings. The second kappa shape index (κ2) is 4.84. The molecule has 0 spiro atoms. The molecule has 2 aromatic carbocycles. The van der Waals surface area contributed by atoms with Crippen molar-refractivity contribution in [3.05, 3.63) is 93.8 Å². The lowest BCUT2D eigenvalue weighted by atomic mass is 9.62. The fourth-order valence-electron chi connectivity index (χ4n) is 4.43. The van der Waals surface area contributed by atoms with E-state index in [1.807, 2.05) is 13.1 Å². The first-order valence-corrected chi connectivity index (χ1v) is 8.37. The van der Waals surface area contributed by atoms with Gasteiger partial charge >= 0.3 is 5.97 Å². The predicted molar refractivity (Wildman–Crippen MR) is 91.5 cm³/mol. The second-order valence-corrected chi connectivity index (χ2v) is 6.38. The fraction of sp³-hybridized carbons (Fsp3) is 0.190. The molecule has 3 heteroatoms. The van der Waals surface area contributed by atoms with Crippen molar-refractivity contribution in [2.24, 2.45) is 0 Å². The molecule has 3 nitrogen and oxygen atoms in total. The van der Waals surface area contributed by atoms with E-state index in [2.05, 4.69) is 53.5 Å². The molecule has 3 aliphatic carbocycles. The topological polar surface area (TPSA) is 42.1 Å². The first kappa shape index (κ1) is 13.6. The molecule has 3 aliphatic rings. The standard InChI is InChI=1S/C21H17NO2/c1-2-24-21(23)20-19-16(11-22-20)17-12-7-3-5-9-14(12)18(19)15-10-6-4-8-13(15)17/h3-11,17-18,22H,2H2,1H3. The number of aromatic amines is 1. The molecule has 118 valence electrons. The molecular weight excluding hydrogens is 298 g/mol. The number of aromatic nitrogens is 1. The van der Waals surface area contributed by atoms with E-state index in [0.29, 0.717) is 12.3 Å². The molecule has 0 saturated carbocycles. The normalized spacial score (nSPS) is 19.4. The van der Waals surface area contributed by atoms with Crippen LogP contribution in [-0.2, 0) is 4.74 Å². The highest BCUT2D eigenvalue weighted by Crippen LogP contribution is 2.56. The van der Waals surface area contributed by atoms with Gasteiger partial charge in [-0.1, -0.05) is 48.5 Å². The van der Waals surface area contributed by atoms with Crippen LogP contribution in [0.1, 0.15) is 62.6 Å². The number of nitrogens with one attached hydrogen (secondary N) is 1. The van der Waals surface area contributed by atoms with Crippen molar-refractivity contribution in [1.29, 1.82) is 0 Å². The zero-order valence-corrected chi connectivity index (χ0v) is 13.4. The van der Waals surface area contributed by atoms with Crippen LogP contribution >= 0.6 is 0 Å². The Balaban J connectivity index is 1.80. The van der Waals surface area contributed by atoms with Gasteiger partial charge < -0.3 is 9.72 Å². The van der Waals surface area contributed by atoms with E-state index in [1.54, 1.807) is 0 Å². The van der Waals surface area contributed by atoms with Crippen molar-refractivity contribution in [3.8, 4) is 0 Å². The van der Waals surface area contributed by atoms with Gasteiger partial charge in [0.15, 0.2) is 0 Å². The SMILES string of the molecule is CCOC(=O)c1[nH]cc2c1C1c3ccccc3C2c2ccccc21. The molecule has 1 heterocycles. The highest BCUT2D eigenvalue weighted by Gasteiger charge is 2.44. The van der Waals surface area contributed by atoms with Gasteiger partial charge in [0.25, 0.3) is 0 Å². The number of hydrogen-bond donors (Lipinski definition) is 1. The lowest BCUT2D eigenvalue weighted by molar-refractivity contribution is 0.0518. The van der Waals surface area contributed by atoms with E-state index in [0.717, 1.165) is 5.56 Å². The van der Waals surface area contributed by atoms with Gasteiger partial charge in [-0.15, -0.1) is 0 Å². The summed E-state index contributed by atoms with van der Waals surface area (Å²) in [6, 6.07) is 17.2. The number of rotatable bonds is 2. The summed E-state index contributed by atoms with van der Waals surface area (Å²) in [5.41, 5.74) is 8.21. The summed E-state index contributed by atoms with van der Waals surface area (Å²) in [7, 11) is 0. The molecule has 0 saturated heterocycles. The Morgan fingerprint density at radius 1 is 0.917 bits per heavy atom. The number of hydrogen-bond acceptors (Lipinski definition) is 2. The minimum absolute atomic E-state index is 0.100. The van der Waals surface area contributed by atoms with E-state index in [4.69, 9.17) is 4.74 Å². The molecule has 0 amide bonds. The Bertz CT molecular complexity index is 922. The summed E-state index contributed by atoms with van der Waals surface area (Å²) in [5.74, 6) is 0.0288. The molecule has 1 aromatic heterocycles. The summed E-state index contributed by atoms with van der Waals surface area (Å²) in [6.45, 7) is 2.22. The Morgan fingerprint density at radius 2 is 1.46 bits per heavy atom. The highest BCUT2D eigenvalue weighted by molar-refractivity contribution is 5.91. The van der Waals surface area contributed by atoms with Gasteiger partial charge in [-0.25, -0.2) is 4.79 Å². The van der Waals surface area contributed by atoms with Crippen molar-refractivity contribution in [2.45, 2.75) is 18.8 Å². The van der Waals surface area contributed by atoms with Gasteiger partial charge in [-0.2, -0.15) is 0 Å². The number of H-pyrrole nitrogens is 1. The summed E-state index contributed by atoms with van der Waals surface area (Å²) in [4.78, 5) is 15.6. The third-order valence-corrected chi connectivity index (χ3v) is 5.27. The largest absolute Gasteiger partial charge is 0.461 e. The smallest absolute Gasteiger partial charge is 0.355 e. The molecule has 24 heavy (non-hydrogen) atoms. The van der Waals surface area contributed by atoms with Gasteiger partial charge in [0.05, 0.1) is 6.61 Å². The third-order valence-electron chi connectivity index (χ3n) is 5.27. The number of ether oxygens (including phenoxy) is 1. The number of esters is 1. The molecule has 0 unspecified atom stereocenters. The van der Waals surface area contributed by atoms with Crippen LogP contribution in [0.2, 0.25) is 0 Å². The van der Waals surface area contributed by atoms with Crippen LogP contribution in [0, 0.1) is 0 Å². The van der Waals surface area contributed by atoms with Crippen LogP contribution in [0.3, 0.4) is 0 Å². The summed E-state index contributed by atoms with van der Waals surface area (Å²) in [6.07, 6.45) is 1.99. The maximum Gasteiger partial charge on any atom is 0.355 e. The second-order valence-electron chi connectivity index (χ2n) is 6.38. The van der Waals surface area contributed by atoms with Crippen molar-refractivity contribution >= 4 is 5.97 Å². The first-order valence-electron chi connectivity index (χ1n) is 8.37. The lowest BCUT2D eigenvalue weighted by Crippen LogP contribution is -2.27. The summed E-state index contributed by atoms with van der Waals surface area (Å²) < 4.78 is 5.27. The van der Waals surface area contributed by atoms with Crippen LogP contribution in [-0.4, -0.2) is 17.6 Å². The van der Waals surface area contributed by atoms with Crippen molar-refractivity contribution in [2.75, 3.05) is 6.61 Å². The van der Waals surface area contributed by atoms with E-state index in [1.165, 1.54) is 27.8 Å². The van der Waals surface area contributed by atoms with Gasteiger partial charge in [0.1, 0.15) is 5.69 Å². The monoisotopic (exact) mass is 315 g/mol. The molecule has 1 N–H and O–H groups in total. The number of carbonyl (C=O) groups excluding carboxylic acids is 1. The van der Waals surface area contributed by atoms with E-state index in [-0.39, 0.29) is 17.8 Å². The van der Waals surface area contributed by atoms with Gasteiger partial charge in [-0.3, -0.25) is 0 Å². The molecule has 2 bridgehead atoms. The van der Waals surface area contributed by atoms with Crippen molar-refractivity contribution in [1.82, 2.24) is 4.98 Å². The van der Waals surface area contributed by atoms with Crippen LogP contribution in [0.4, 0.5) is 0 Å². The molecule has 0 fully saturated rings. The van der Waals surface area contributed by atoms with E-state index < -0.39 is 0 Å². The Kier molecular flexibility index (Phi) is 2.75. The van der Waals surface area contributed by atoms with Gasteiger partial charge in [0.2, 0.25) is 0 Å². The Hall–Kier alpha value is -2.81. The zero-order chi connectivity index (χ0) is 16.3. The predicted octanol–water partition coefficient (Wildman–Crippen LogP) is 4.18. The van der Waals surface area contributed by atoms with Crippen LogP contribution in [0.15, 0.2) is 54.7 Å². The van der Waals surface area contributed by atoms with Crippen LogP contribution < -0.4 is 0 Å². The van der Waals surface area contributed by atoms with Crippen LogP contribution in [0.25, 0.3) is 0 Å². The number of carbonyl (C=O) groups is 1. The minimum atomic E-state index is -0.263. The van der Waals surface area contributed by atoms with Gasteiger partial charge in [0, 0.05) is 23.6 Å². The lowest BCUT2D eigenvalue weighted by Gasteiger charge is -2.40. The van der Waals surface area contributed by atoms with E-state index in [9.17, 15) is 4.79 Å². The molecule has 0 aliphatic heterocycles. The highest BCUT2D eigenvalue weighted by atomic mass is 16.5. The zero-order valence-electron chi connectivity index (χ0n) is 13.4. The third kappa shape index (κ3) is 1.59. The number of benzene rings is 2. The molecular formula is C21H17NO2. The quantitative estimate of drug-likeness (QED) is 0.497. The van der Waals surface area contributed by atoms with Crippen molar-refractivity contribution in [3.63, 3.8) is 0 Å². The fourth-order valence-corrected chi connectivity index (χ4v) is 4.43. The maximum atomic E-state index is 12.4. The average Bonchev–Trinajstić information content (AvgIpc) is 3.07. The summed E-state index contributed by atoms with van der Waals surface area (Å²) in [5, 5.41) is 0. The average molecular weight is 315 g/mol. The van der Waals surface area contributed by atoms with E-state index >= 15 is 0 Å². The van der Waals surface area contributed by atoms with Crippen LogP contribution in [0.5, 0.6) is 0 Å². The first-order chi connectivity index (χ1) is 11.8. The van der Waals surface area contributed by atoms with Gasteiger partial charge in [-0.05, 0) is 34.7 Å². The Morgan fingerprint density at radius 3 is 2.00 bits per heavy atom. The molecule has 6 rings (SSSR count). The molecule has 0 radical (unpaired) electrons. The minimum Gasteiger partial charge on any atom is -0.461 e. The molecule has 0 atom stereocenters. The maximum absolute atomic E-state index is 12.4.